The average Bonchev–Trinajstić information content (AvgIpc) is 2.32. The molecule has 0 aliphatic rings. The average molecular weight is 198 g/mol. The highest BCUT2D eigenvalue weighted by molar-refractivity contribution is 5.58. The fraction of sp³-hybridized carbons (Fsp3) is 0.154. The lowest BCUT2D eigenvalue weighted by Crippen LogP contribution is -2.02. The number of nitrogens with zero attached hydrogens (tertiary/aromatic N) is 1. The van der Waals surface area contributed by atoms with Crippen LogP contribution in [0.15, 0.2) is 48.7 Å². The predicted octanol–water partition coefficient (Wildman–Crippen LogP) is 2.25. The van der Waals surface area contributed by atoms with E-state index in [0.29, 0.717) is 6.54 Å². The van der Waals surface area contributed by atoms with Crippen molar-refractivity contribution >= 4 is 0 Å². The molecule has 0 aliphatic heterocycles. The number of rotatable bonds is 3. The van der Waals surface area contributed by atoms with Gasteiger partial charge in [0.15, 0.2) is 0 Å². The molecule has 0 radical (unpaired) electrons. The number of hydrogen-bond donors (Lipinski definition) is 1. The third kappa shape index (κ3) is 2.42. The molecule has 0 fully saturated rings. The first-order chi connectivity index (χ1) is 7.40. The fourth-order valence-corrected chi connectivity index (χ4v) is 1.54. The van der Waals surface area contributed by atoms with Crippen LogP contribution in [0.3, 0.4) is 0 Å². The maximum absolute atomic E-state index is 5.50. The van der Waals surface area contributed by atoms with E-state index in [1.165, 1.54) is 5.56 Å². The summed E-state index contributed by atoms with van der Waals surface area (Å²) < 4.78 is 0. The molecule has 0 bridgehead atoms. The van der Waals surface area contributed by atoms with Crippen molar-refractivity contribution in [2.45, 2.75) is 6.42 Å². The minimum absolute atomic E-state index is 0.697. The molecule has 2 rings (SSSR count). The van der Waals surface area contributed by atoms with Gasteiger partial charge in [0.1, 0.15) is 0 Å². The second-order valence-corrected chi connectivity index (χ2v) is 3.45. The molecule has 2 N–H and O–H groups in total. The number of hydrogen-bond acceptors (Lipinski definition) is 2. The van der Waals surface area contributed by atoms with Gasteiger partial charge < -0.3 is 5.73 Å². The van der Waals surface area contributed by atoms with Crippen LogP contribution in [0.5, 0.6) is 0 Å². The number of pyridine rings is 1. The minimum Gasteiger partial charge on any atom is -0.330 e. The monoisotopic (exact) mass is 198 g/mol. The van der Waals surface area contributed by atoms with Gasteiger partial charge in [-0.25, -0.2) is 0 Å². The van der Waals surface area contributed by atoms with Crippen molar-refractivity contribution in [1.82, 2.24) is 4.98 Å². The van der Waals surface area contributed by atoms with E-state index < -0.39 is 0 Å². The Bertz CT molecular complexity index is 406. The highest BCUT2D eigenvalue weighted by Crippen LogP contribution is 2.16. The summed E-state index contributed by atoms with van der Waals surface area (Å²) in [7, 11) is 0. The third-order valence-electron chi connectivity index (χ3n) is 2.35. The molecular weight excluding hydrogens is 184 g/mol. The molecule has 0 unspecified atom stereocenters. The van der Waals surface area contributed by atoms with E-state index in [9.17, 15) is 0 Å². The van der Waals surface area contributed by atoms with Crippen molar-refractivity contribution in [2.75, 3.05) is 6.54 Å². The summed E-state index contributed by atoms with van der Waals surface area (Å²) >= 11 is 0. The van der Waals surface area contributed by atoms with Gasteiger partial charge in [0.2, 0.25) is 0 Å². The first-order valence-corrected chi connectivity index (χ1v) is 5.10. The Morgan fingerprint density at radius 3 is 2.40 bits per heavy atom. The van der Waals surface area contributed by atoms with Gasteiger partial charge in [0.05, 0.1) is 5.69 Å². The van der Waals surface area contributed by atoms with Crippen LogP contribution in [0, 0.1) is 0 Å². The lowest BCUT2D eigenvalue weighted by atomic mass is 10.1. The van der Waals surface area contributed by atoms with Crippen molar-refractivity contribution in [3.8, 4) is 11.3 Å². The number of aromatic nitrogens is 1. The summed E-state index contributed by atoms with van der Waals surface area (Å²) in [6.07, 6.45) is 2.74. The van der Waals surface area contributed by atoms with Crippen LogP contribution in [-0.4, -0.2) is 11.5 Å². The van der Waals surface area contributed by atoms with Crippen LogP contribution in [-0.2, 0) is 6.42 Å². The van der Waals surface area contributed by atoms with Gasteiger partial charge in [-0.05, 0) is 30.7 Å². The molecular formula is C13H14N2. The van der Waals surface area contributed by atoms with Crippen molar-refractivity contribution in [3.63, 3.8) is 0 Å². The van der Waals surface area contributed by atoms with Gasteiger partial charge in [-0.2, -0.15) is 0 Å². The van der Waals surface area contributed by atoms with Gasteiger partial charge in [0.25, 0.3) is 0 Å². The summed E-state index contributed by atoms with van der Waals surface area (Å²) in [5, 5.41) is 0. The van der Waals surface area contributed by atoms with Gasteiger partial charge in [-0.3, -0.25) is 4.98 Å². The zero-order chi connectivity index (χ0) is 10.5. The van der Waals surface area contributed by atoms with Crippen LogP contribution in [0.25, 0.3) is 11.3 Å². The Balaban J connectivity index is 2.24. The molecule has 1 aromatic heterocycles. The minimum atomic E-state index is 0.697. The molecule has 0 saturated carbocycles. The maximum atomic E-state index is 5.50. The van der Waals surface area contributed by atoms with E-state index in [1.807, 2.05) is 24.4 Å². The Morgan fingerprint density at radius 2 is 1.80 bits per heavy atom. The van der Waals surface area contributed by atoms with Crippen LogP contribution in [0.4, 0.5) is 0 Å². The maximum Gasteiger partial charge on any atom is 0.0701 e. The van der Waals surface area contributed by atoms with Crippen molar-refractivity contribution < 1.29 is 0 Å². The van der Waals surface area contributed by atoms with E-state index in [1.54, 1.807) is 0 Å². The predicted molar refractivity (Wildman–Crippen MR) is 62.4 cm³/mol. The van der Waals surface area contributed by atoms with E-state index in [4.69, 9.17) is 5.73 Å². The van der Waals surface area contributed by atoms with Crippen molar-refractivity contribution in [3.05, 3.63) is 54.2 Å². The van der Waals surface area contributed by atoms with Crippen LogP contribution in [0.1, 0.15) is 5.56 Å². The van der Waals surface area contributed by atoms with Crippen LogP contribution < -0.4 is 5.73 Å². The zero-order valence-electron chi connectivity index (χ0n) is 8.56. The molecule has 1 aromatic carbocycles. The largest absolute Gasteiger partial charge is 0.330 e. The van der Waals surface area contributed by atoms with E-state index >= 15 is 0 Å². The molecule has 1 heterocycles. The Labute approximate surface area is 89.8 Å². The molecule has 0 saturated heterocycles. The zero-order valence-corrected chi connectivity index (χ0v) is 8.56. The van der Waals surface area contributed by atoms with Gasteiger partial charge in [0, 0.05) is 11.8 Å². The smallest absolute Gasteiger partial charge is 0.0701 e. The second-order valence-electron chi connectivity index (χ2n) is 3.45. The first kappa shape index (κ1) is 9.87. The normalized spacial score (nSPS) is 10.2. The SMILES string of the molecule is NCCc1ccc(-c2ccccn2)cc1. The fourth-order valence-electron chi connectivity index (χ4n) is 1.54. The van der Waals surface area contributed by atoms with E-state index in [-0.39, 0.29) is 0 Å². The molecule has 0 spiro atoms. The van der Waals surface area contributed by atoms with Crippen molar-refractivity contribution in [1.29, 1.82) is 0 Å². The summed E-state index contributed by atoms with van der Waals surface area (Å²) in [6, 6.07) is 14.3. The topological polar surface area (TPSA) is 38.9 Å². The molecule has 0 amide bonds. The van der Waals surface area contributed by atoms with Crippen molar-refractivity contribution in [2.24, 2.45) is 5.73 Å². The second kappa shape index (κ2) is 4.71. The van der Waals surface area contributed by atoms with E-state index in [2.05, 4.69) is 29.2 Å². The Kier molecular flexibility index (Phi) is 3.10. The third-order valence-corrected chi connectivity index (χ3v) is 2.35. The van der Waals surface area contributed by atoms with E-state index in [0.717, 1.165) is 17.7 Å². The summed E-state index contributed by atoms with van der Waals surface area (Å²) in [4.78, 5) is 4.30. The Morgan fingerprint density at radius 1 is 1.00 bits per heavy atom. The summed E-state index contributed by atoms with van der Waals surface area (Å²) in [6.45, 7) is 0.697. The lowest BCUT2D eigenvalue weighted by molar-refractivity contribution is 0.969. The molecule has 0 aliphatic carbocycles. The first-order valence-electron chi connectivity index (χ1n) is 5.10. The summed E-state index contributed by atoms with van der Waals surface area (Å²) in [5.41, 5.74) is 8.93. The standard InChI is InChI=1S/C13H14N2/c14-9-8-11-4-6-12(7-5-11)13-3-1-2-10-15-13/h1-7,10H,8-9,14H2. The molecule has 15 heavy (non-hydrogen) atoms. The summed E-state index contributed by atoms with van der Waals surface area (Å²) in [5.74, 6) is 0. The number of nitrogens with two attached hydrogens (primary N) is 1. The van der Waals surface area contributed by atoms with Crippen LogP contribution in [0.2, 0.25) is 0 Å². The number of benzene rings is 1. The van der Waals surface area contributed by atoms with Gasteiger partial charge >= 0.3 is 0 Å². The molecule has 0 atom stereocenters. The molecule has 76 valence electrons. The van der Waals surface area contributed by atoms with Gasteiger partial charge in [-0.15, -0.1) is 0 Å². The molecule has 2 aromatic rings. The highest BCUT2D eigenvalue weighted by atomic mass is 14.7. The Hall–Kier alpha value is -1.67. The van der Waals surface area contributed by atoms with Gasteiger partial charge in [-0.1, -0.05) is 30.3 Å². The molecule has 2 heteroatoms. The quantitative estimate of drug-likeness (QED) is 0.821. The highest BCUT2D eigenvalue weighted by Gasteiger charge is 1.97. The molecule has 2 nitrogen and oxygen atoms in total. The lowest BCUT2D eigenvalue weighted by Gasteiger charge is -2.02. The van der Waals surface area contributed by atoms with Crippen LogP contribution >= 0.6 is 0 Å².